The second kappa shape index (κ2) is 9.50. The molecule has 4 rings (SSSR count). The van der Waals surface area contributed by atoms with Crippen molar-refractivity contribution in [2.45, 2.75) is 6.92 Å². The molecule has 0 fully saturated rings. The number of nitrogens with zero attached hydrogens (tertiary/aromatic N) is 4. The monoisotopic (exact) mass is 497 g/mol. The lowest BCUT2D eigenvalue weighted by atomic mass is 10.1. The molecule has 0 aliphatic carbocycles. The van der Waals surface area contributed by atoms with Gasteiger partial charge in [0.1, 0.15) is 21.8 Å². The Morgan fingerprint density at radius 1 is 1.09 bits per heavy atom. The highest BCUT2D eigenvalue weighted by atomic mass is 35.5. The summed E-state index contributed by atoms with van der Waals surface area (Å²) in [6.45, 7) is 1.84. The molecule has 11 heteroatoms. The summed E-state index contributed by atoms with van der Waals surface area (Å²) < 4.78 is 5.17. The second-order valence-corrected chi connectivity index (χ2v) is 8.07. The van der Waals surface area contributed by atoms with Gasteiger partial charge >= 0.3 is 0 Å². The molecule has 4 aromatic rings. The predicted molar refractivity (Wildman–Crippen MR) is 131 cm³/mol. The summed E-state index contributed by atoms with van der Waals surface area (Å²) in [6, 6.07) is 13.0. The van der Waals surface area contributed by atoms with E-state index in [1.807, 2.05) is 13.0 Å². The molecule has 1 N–H and O–H groups in total. The number of ether oxygens (including phenoxy) is 1. The van der Waals surface area contributed by atoms with Crippen LogP contribution in [-0.4, -0.2) is 32.9 Å². The van der Waals surface area contributed by atoms with E-state index in [4.69, 9.17) is 27.9 Å². The van der Waals surface area contributed by atoms with Gasteiger partial charge in [-0.2, -0.15) is 4.80 Å². The molecule has 3 aromatic carbocycles. The summed E-state index contributed by atoms with van der Waals surface area (Å²) >= 11 is 12.0. The van der Waals surface area contributed by atoms with Gasteiger partial charge in [0, 0.05) is 17.8 Å². The number of halogens is 2. The maximum Gasteiger partial charge on any atom is 0.288 e. The number of nitro groups is 1. The van der Waals surface area contributed by atoms with E-state index < -0.39 is 10.8 Å². The van der Waals surface area contributed by atoms with E-state index >= 15 is 0 Å². The van der Waals surface area contributed by atoms with Crippen LogP contribution in [0.4, 0.5) is 11.4 Å². The van der Waals surface area contributed by atoms with Crippen LogP contribution in [0, 0.1) is 17.0 Å². The van der Waals surface area contributed by atoms with Gasteiger partial charge in [0.05, 0.1) is 22.7 Å². The predicted octanol–water partition coefficient (Wildman–Crippen LogP) is 5.60. The first-order valence-electron chi connectivity index (χ1n) is 9.90. The maximum atomic E-state index is 12.5. The number of benzene rings is 3. The van der Waals surface area contributed by atoms with Gasteiger partial charge in [-0.3, -0.25) is 14.9 Å². The third-order valence-corrected chi connectivity index (χ3v) is 5.56. The second-order valence-electron chi connectivity index (χ2n) is 7.25. The Hall–Kier alpha value is -3.95. The number of anilines is 1. The van der Waals surface area contributed by atoms with Crippen molar-refractivity contribution in [2.75, 3.05) is 12.4 Å². The number of amides is 1. The molecule has 0 atom stereocenters. The number of fused-ring (bicyclic) bond motifs is 1. The van der Waals surface area contributed by atoms with Crippen molar-refractivity contribution in [1.29, 1.82) is 0 Å². The third kappa shape index (κ3) is 4.85. The van der Waals surface area contributed by atoms with Gasteiger partial charge in [-0.1, -0.05) is 29.3 Å². The highest BCUT2D eigenvalue weighted by Crippen LogP contribution is 2.28. The lowest BCUT2D eigenvalue weighted by molar-refractivity contribution is -0.384. The molecule has 9 nitrogen and oxygen atoms in total. The largest absolute Gasteiger partial charge is 0.495 e. The topological polar surface area (TPSA) is 112 Å². The molecule has 1 amide bonds. The molecule has 0 spiro atoms. The van der Waals surface area contributed by atoms with Crippen molar-refractivity contribution >= 4 is 57.6 Å². The molecular formula is C23H17Cl2N5O4. The Labute approximate surface area is 203 Å². The molecule has 0 saturated carbocycles. The fourth-order valence-corrected chi connectivity index (χ4v) is 3.66. The summed E-state index contributed by atoms with van der Waals surface area (Å²) in [7, 11) is 1.54. The number of carbonyl (C=O) groups excluding carboxylic acids is 1. The van der Waals surface area contributed by atoms with E-state index in [2.05, 4.69) is 15.5 Å². The van der Waals surface area contributed by atoms with Crippen molar-refractivity contribution in [1.82, 2.24) is 15.0 Å². The van der Waals surface area contributed by atoms with E-state index in [0.717, 1.165) is 5.56 Å². The Balaban J connectivity index is 1.55. The first-order valence-corrected chi connectivity index (χ1v) is 10.7. The van der Waals surface area contributed by atoms with Crippen LogP contribution in [0.25, 0.3) is 22.8 Å². The Bertz CT molecular complexity index is 1470. The quantitative estimate of drug-likeness (QED) is 0.210. The van der Waals surface area contributed by atoms with Gasteiger partial charge in [-0.25, -0.2) is 0 Å². The number of rotatable bonds is 6. The van der Waals surface area contributed by atoms with E-state index in [0.29, 0.717) is 38.7 Å². The lowest BCUT2D eigenvalue weighted by Crippen LogP contribution is -2.09. The fraction of sp³-hybridized carbons (Fsp3) is 0.0870. The van der Waals surface area contributed by atoms with Crippen molar-refractivity contribution in [3.63, 3.8) is 0 Å². The Morgan fingerprint density at radius 3 is 2.50 bits per heavy atom. The van der Waals surface area contributed by atoms with Crippen LogP contribution < -0.4 is 10.1 Å². The van der Waals surface area contributed by atoms with Gasteiger partial charge in [-0.05, 0) is 60.5 Å². The highest BCUT2D eigenvalue weighted by molar-refractivity contribution is 6.32. The molecule has 1 heterocycles. The van der Waals surface area contributed by atoms with Crippen LogP contribution >= 0.6 is 23.2 Å². The van der Waals surface area contributed by atoms with Crippen LogP contribution in [-0.2, 0) is 4.79 Å². The average molecular weight is 498 g/mol. The third-order valence-electron chi connectivity index (χ3n) is 4.94. The first-order chi connectivity index (χ1) is 16.2. The minimum absolute atomic E-state index is 0.0282. The molecule has 0 saturated heterocycles. The summed E-state index contributed by atoms with van der Waals surface area (Å²) in [5, 5.41) is 23.2. The smallest absolute Gasteiger partial charge is 0.288 e. The zero-order valence-corrected chi connectivity index (χ0v) is 19.5. The van der Waals surface area contributed by atoms with Gasteiger partial charge < -0.3 is 10.1 Å². The lowest BCUT2D eigenvalue weighted by Gasteiger charge is -2.05. The fourth-order valence-electron chi connectivity index (χ4n) is 3.22. The van der Waals surface area contributed by atoms with E-state index in [1.165, 1.54) is 36.2 Å². The summed E-state index contributed by atoms with van der Waals surface area (Å²) in [5.74, 6) is 0.138. The van der Waals surface area contributed by atoms with Crippen LogP contribution in [0.5, 0.6) is 5.75 Å². The molecule has 0 aliphatic rings. The molecule has 172 valence electrons. The van der Waals surface area contributed by atoms with Crippen molar-refractivity contribution in [3.8, 4) is 11.4 Å². The van der Waals surface area contributed by atoms with Crippen LogP contribution in [0.2, 0.25) is 10.0 Å². The summed E-state index contributed by atoms with van der Waals surface area (Å²) in [4.78, 5) is 24.4. The SMILES string of the molecule is COc1ccc(-n2nc3cc(C)c(NC(=O)/C=C/c4ccc(Cl)c([N+](=O)[O-])c4)cc3n2)cc1Cl. The zero-order chi connectivity index (χ0) is 24.4. The number of nitro benzene ring substituents is 1. The van der Waals surface area contributed by atoms with Crippen molar-refractivity contribution < 1.29 is 14.5 Å². The maximum absolute atomic E-state index is 12.5. The minimum Gasteiger partial charge on any atom is -0.495 e. The van der Waals surface area contributed by atoms with Crippen LogP contribution in [0.1, 0.15) is 11.1 Å². The van der Waals surface area contributed by atoms with Crippen LogP contribution in [0.15, 0.2) is 54.6 Å². The molecule has 34 heavy (non-hydrogen) atoms. The number of aryl methyl sites for hydroxylation is 1. The van der Waals surface area contributed by atoms with Gasteiger partial charge in [-0.15, -0.1) is 10.2 Å². The van der Waals surface area contributed by atoms with Gasteiger partial charge in [0.25, 0.3) is 5.69 Å². The molecule has 0 bridgehead atoms. The summed E-state index contributed by atoms with van der Waals surface area (Å²) in [5.41, 5.74) is 3.47. The molecule has 1 aromatic heterocycles. The van der Waals surface area contributed by atoms with Gasteiger partial charge in [0.15, 0.2) is 0 Å². The molecule has 0 unspecified atom stereocenters. The number of hydrogen-bond donors (Lipinski definition) is 1. The minimum atomic E-state index is -0.578. The number of carbonyl (C=O) groups is 1. The zero-order valence-electron chi connectivity index (χ0n) is 18.0. The Kier molecular flexibility index (Phi) is 6.49. The molecule has 0 radical (unpaired) electrons. The standard InChI is InChI=1S/C23H17Cl2N5O4/c1-13-9-19-20(28-29(27-19)15-5-7-22(34-2)17(25)11-15)12-18(13)26-23(31)8-4-14-3-6-16(24)21(10-14)30(32)33/h3-12H,1-2H3,(H,26,31)/b8-4+. The molecule has 0 aliphatic heterocycles. The normalized spacial score (nSPS) is 11.2. The number of nitrogens with one attached hydrogen (secondary N) is 1. The van der Waals surface area contributed by atoms with E-state index in [9.17, 15) is 14.9 Å². The van der Waals surface area contributed by atoms with Crippen molar-refractivity contribution in [3.05, 3.63) is 85.9 Å². The van der Waals surface area contributed by atoms with Gasteiger partial charge in [0.2, 0.25) is 5.91 Å². The van der Waals surface area contributed by atoms with E-state index in [1.54, 1.807) is 30.3 Å². The highest BCUT2D eigenvalue weighted by Gasteiger charge is 2.13. The molecular weight excluding hydrogens is 481 g/mol. The summed E-state index contributed by atoms with van der Waals surface area (Å²) in [6.07, 6.45) is 2.75. The Morgan fingerprint density at radius 2 is 1.82 bits per heavy atom. The number of methoxy groups -OCH3 is 1. The van der Waals surface area contributed by atoms with Crippen molar-refractivity contribution in [2.24, 2.45) is 0 Å². The first kappa shape index (κ1) is 23.2. The number of hydrogen-bond acceptors (Lipinski definition) is 6. The average Bonchev–Trinajstić information content (AvgIpc) is 3.21. The number of aromatic nitrogens is 3. The van der Waals surface area contributed by atoms with E-state index in [-0.39, 0.29) is 10.7 Å². The van der Waals surface area contributed by atoms with Crippen LogP contribution in [0.3, 0.4) is 0 Å².